The number of ether oxygens (including phenoxy) is 1. The second-order valence-electron chi connectivity index (χ2n) is 5.05. The van der Waals surface area contributed by atoms with Crippen LogP contribution in [0.15, 0.2) is 77.4 Å². The van der Waals surface area contributed by atoms with Crippen molar-refractivity contribution in [3.63, 3.8) is 0 Å². The Hall–Kier alpha value is -3.01. The summed E-state index contributed by atoms with van der Waals surface area (Å²) in [6, 6.07) is 20.6. The number of anilines is 1. The molecule has 1 heterocycles. The monoisotopic (exact) mass is 307 g/mol. The molecule has 3 aromatic rings. The maximum absolute atomic E-state index is 12.7. The number of nitrogens with zero attached hydrogens (tertiary/aromatic N) is 1. The highest BCUT2D eigenvalue weighted by atomic mass is 16.5. The highest BCUT2D eigenvalue weighted by molar-refractivity contribution is 6.04. The average molecular weight is 307 g/mol. The molecular weight excluding hydrogens is 290 g/mol. The first-order valence-electron chi connectivity index (χ1n) is 7.31. The van der Waals surface area contributed by atoms with Crippen LogP contribution in [-0.4, -0.2) is 13.0 Å². The third kappa shape index (κ3) is 3.43. The number of carbonyl (C=O) groups excluding carboxylic acids is 1. The van der Waals surface area contributed by atoms with Crippen molar-refractivity contribution >= 4 is 11.6 Å². The van der Waals surface area contributed by atoms with E-state index in [2.05, 4.69) is 0 Å². The van der Waals surface area contributed by atoms with Crippen LogP contribution in [0.4, 0.5) is 5.69 Å². The molecule has 0 radical (unpaired) electrons. The smallest absolute Gasteiger partial charge is 0.294 e. The Bertz CT molecular complexity index is 749. The zero-order valence-electron chi connectivity index (χ0n) is 12.8. The third-order valence-electron chi connectivity index (χ3n) is 3.54. The Labute approximate surface area is 134 Å². The molecule has 0 atom stereocenters. The van der Waals surface area contributed by atoms with Crippen LogP contribution in [0.25, 0.3) is 0 Å². The summed E-state index contributed by atoms with van der Waals surface area (Å²) in [6.07, 6.45) is 1.50. The highest BCUT2D eigenvalue weighted by Gasteiger charge is 2.20. The maximum atomic E-state index is 12.7. The first-order chi connectivity index (χ1) is 11.3. The number of benzene rings is 2. The van der Waals surface area contributed by atoms with Gasteiger partial charge in [0.25, 0.3) is 5.91 Å². The summed E-state index contributed by atoms with van der Waals surface area (Å²) >= 11 is 0. The standard InChI is InChI=1S/C19H17NO3/c1-22-17-11-9-15(10-12-17)14-20(16-6-3-2-4-7-16)19(21)18-8-5-13-23-18/h2-13H,14H2,1H3. The second kappa shape index (κ2) is 6.83. The van der Waals surface area contributed by atoms with E-state index in [1.807, 2.05) is 54.6 Å². The summed E-state index contributed by atoms with van der Waals surface area (Å²) in [6.45, 7) is 0.452. The number of methoxy groups -OCH3 is 1. The number of carbonyl (C=O) groups is 1. The van der Waals surface area contributed by atoms with E-state index in [0.29, 0.717) is 12.3 Å². The fraction of sp³-hybridized carbons (Fsp3) is 0.105. The van der Waals surface area contributed by atoms with Gasteiger partial charge in [0.2, 0.25) is 0 Å². The molecular formula is C19H17NO3. The molecule has 3 rings (SSSR count). The summed E-state index contributed by atoms with van der Waals surface area (Å²) in [5, 5.41) is 0. The van der Waals surface area contributed by atoms with E-state index in [0.717, 1.165) is 17.0 Å². The molecule has 0 aliphatic rings. The molecule has 116 valence electrons. The largest absolute Gasteiger partial charge is 0.497 e. The maximum Gasteiger partial charge on any atom is 0.294 e. The van der Waals surface area contributed by atoms with Crippen LogP contribution in [-0.2, 0) is 6.54 Å². The quantitative estimate of drug-likeness (QED) is 0.711. The minimum Gasteiger partial charge on any atom is -0.497 e. The summed E-state index contributed by atoms with van der Waals surface area (Å²) in [7, 11) is 1.63. The number of hydrogen-bond acceptors (Lipinski definition) is 3. The van der Waals surface area contributed by atoms with Gasteiger partial charge in [-0.3, -0.25) is 4.79 Å². The van der Waals surface area contributed by atoms with Gasteiger partial charge in [-0.1, -0.05) is 30.3 Å². The molecule has 4 heteroatoms. The van der Waals surface area contributed by atoms with Gasteiger partial charge in [-0.25, -0.2) is 0 Å². The van der Waals surface area contributed by atoms with Gasteiger partial charge in [0, 0.05) is 5.69 Å². The molecule has 0 aliphatic carbocycles. The Balaban J connectivity index is 1.90. The molecule has 0 saturated carbocycles. The van der Waals surface area contributed by atoms with Gasteiger partial charge in [-0.05, 0) is 42.0 Å². The van der Waals surface area contributed by atoms with Crippen LogP contribution >= 0.6 is 0 Å². The van der Waals surface area contributed by atoms with Crippen LogP contribution in [0, 0.1) is 0 Å². The number of hydrogen-bond donors (Lipinski definition) is 0. The summed E-state index contributed by atoms with van der Waals surface area (Å²) < 4.78 is 10.4. The summed E-state index contributed by atoms with van der Waals surface area (Å²) in [5.74, 6) is 0.941. The second-order valence-corrected chi connectivity index (χ2v) is 5.05. The number of para-hydroxylation sites is 1. The predicted molar refractivity (Wildman–Crippen MR) is 88.7 cm³/mol. The van der Waals surface area contributed by atoms with Gasteiger partial charge < -0.3 is 14.1 Å². The van der Waals surface area contributed by atoms with Crippen LogP contribution in [0.1, 0.15) is 16.1 Å². The molecule has 0 N–H and O–H groups in total. The SMILES string of the molecule is COc1ccc(CN(C(=O)c2ccco2)c2ccccc2)cc1. The van der Waals surface area contributed by atoms with E-state index in [4.69, 9.17) is 9.15 Å². The van der Waals surface area contributed by atoms with Gasteiger partial charge in [0.05, 0.1) is 19.9 Å². The molecule has 0 aliphatic heterocycles. The zero-order valence-corrected chi connectivity index (χ0v) is 12.8. The van der Waals surface area contributed by atoms with Crippen molar-refractivity contribution in [2.75, 3.05) is 12.0 Å². The van der Waals surface area contributed by atoms with E-state index in [1.54, 1.807) is 24.1 Å². The molecule has 23 heavy (non-hydrogen) atoms. The van der Waals surface area contributed by atoms with Gasteiger partial charge in [0.15, 0.2) is 5.76 Å². The molecule has 0 saturated heterocycles. The summed E-state index contributed by atoms with van der Waals surface area (Å²) in [5.41, 5.74) is 1.83. The van der Waals surface area contributed by atoms with Crippen LogP contribution in [0.3, 0.4) is 0 Å². The average Bonchev–Trinajstić information content (AvgIpc) is 3.15. The molecule has 2 aromatic carbocycles. The number of rotatable bonds is 5. The van der Waals surface area contributed by atoms with E-state index >= 15 is 0 Å². The predicted octanol–water partition coefficient (Wildman–Crippen LogP) is 4.14. The fourth-order valence-corrected chi connectivity index (χ4v) is 2.34. The highest BCUT2D eigenvalue weighted by Crippen LogP contribution is 2.21. The van der Waals surface area contributed by atoms with Gasteiger partial charge in [0.1, 0.15) is 5.75 Å². The normalized spacial score (nSPS) is 10.3. The van der Waals surface area contributed by atoms with Crippen molar-refractivity contribution in [2.24, 2.45) is 0 Å². The molecule has 1 aromatic heterocycles. The minimum atomic E-state index is -0.169. The lowest BCUT2D eigenvalue weighted by molar-refractivity contribution is 0.0958. The third-order valence-corrected chi connectivity index (χ3v) is 3.54. The summed E-state index contributed by atoms with van der Waals surface area (Å²) in [4.78, 5) is 14.4. The first-order valence-corrected chi connectivity index (χ1v) is 7.31. The van der Waals surface area contributed by atoms with E-state index in [-0.39, 0.29) is 5.91 Å². The lowest BCUT2D eigenvalue weighted by Gasteiger charge is -2.22. The fourth-order valence-electron chi connectivity index (χ4n) is 2.34. The van der Waals surface area contributed by atoms with Crippen molar-refractivity contribution in [2.45, 2.75) is 6.54 Å². The van der Waals surface area contributed by atoms with Crippen molar-refractivity contribution in [3.05, 3.63) is 84.3 Å². The van der Waals surface area contributed by atoms with Crippen molar-refractivity contribution < 1.29 is 13.9 Å². The lowest BCUT2D eigenvalue weighted by atomic mass is 10.1. The molecule has 0 spiro atoms. The van der Waals surface area contributed by atoms with Gasteiger partial charge >= 0.3 is 0 Å². The lowest BCUT2D eigenvalue weighted by Crippen LogP contribution is -2.30. The van der Waals surface area contributed by atoms with E-state index < -0.39 is 0 Å². The van der Waals surface area contributed by atoms with E-state index in [1.165, 1.54) is 6.26 Å². The number of amides is 1. The Morgan fingerprint density at radius 1 is 1.00 bits per heavy atom. The molecule has 0 unspecified atom stereocenters. The molecule has 1 amide bonds. The van der Waals surface area contributed by atoms with Crippen molar-refractivity contribution in [1.82, 2.24) is 0 Å². The van der Waals surface area contributed by atoms with Crippen LogP contribution < -0.4 is 9.64 Å². The van der Waals surface area contributed by atoms with E-state index in [9.17, 15) is 4.79 Å². The number of furan rings is 1. The van der Waals surface area contributed by atoms with Crippen LogP contribution in [0.5, 0.6) is 5.75 Å². The Morgan fingerprint density at radius 2 is 1.74 bits per heavy atom. The van der Waals surface area contributed by atoms with Crippen molar-refractivity contribution in [1.29, 1.82) is 0 Å². The zero-order chi connectivity index (χ0) is 16.1. The Morgan fingerprint density at radius 3 is 2.35 bits per heavy atom. The topological polar surface area (TPSA) is 42.7 Å². The molecule has 0 bridgehead atoms. The minimum absolute atomic E-state index is 0.169. The molecule has 4 nitrogen and oxygen atoms in total. The van der Waals surface area contributed by atoms with Crippen molar-refractivity contribution in [3.8, 4) is 5.75 Å². The van der Waals surface area contributed by atoms with Gasteiger partial charge in [-0.2, -0.15) is 0 Å². The van der Waals surface area contributed by atoms with Crippen LogP contribution in [0.2, 0.25) is 0 Å². The molecule has 0 fully saturated rings. The Kier molecular flexibility index (Phi) is 4.43. The first kappa shape index (κ1) is 14.9. The van der Waals surface area contributed by atoms with Gasteiger partial charge in [-0.15, -0.1) is 0 Å².